The second kappa shape index (κ2) is 6.45. The predicted molar refractivity (Wildman–Crippen MR) is 93.5 cm³/mol. The number of aryl methyl sites for hydroxylation is 1. The van der Waals surface area contributed by atoms with E-state index < -0.39 is 0 Å². The fourth-order valence-electron chi connectivity index (χ4n) is 2.79. The van der Waals surface area contributed by atoms with E-state index >= 15 is 0 Å². The molecule has 20 heavy (non-hydrogen) atoms. The van der Waals surface area contributed by atoms with Gasteiger partial charge in [0.25, 0.3) is 0 Å². The van der Waals surface area contributed by atoms with Gasteiger partial charge in [0.05, 0.1) is 15.5 Å². The van der Waals surface area contributed by atoms with Gasteiger partial charge in [0.2, 0.25) is 0 Å². The quantitative estimate of drug-likeness (QED) is 0.732. The number of benzene rings is 1. The number of methoxy groups -OCH3 is 1. The number of hydrogen-bond donors (Lipinski definition) is 1. The molecule has 0 fully saturated rings. The fraction of sp³-hybridized carbons (Fsp3) is 0.375. The molecule has 1 unspecified atom stereocenters. The molecule has 1 aliphatic carbocycles. The molecule has 0 spiro atoms. The number of nitrogens with one attached hydrogen (secondary N) is 1. The summed E-state index contributed by atoms with van der Waals surface area (Å²) in [4.78, 5) is 1.56. The largest absolute Gasteiger partial charge is 0.380 e. The molecule has 0 saturated heterocycles. The summed E-state index contributed by atoms with van der Waals surface area (Å²) in [6, 6.07) is 11.3. The van der Waals surface area contributed by atoms with E-state index in [1.807, 2.05) is 11.3 Å². The van der Waals surface area contributed by atoms with Crippen molar-refractivity contribution >= 4 is 39.6 Å². The molecule has 2 nitrogen and oxygen atoms in total. The van der Waals surface area contributed by atoms with Gasteiger partial charge < -0.3 is 10.1 Å². The normalized spacial score (nSPS) is 17.8. The molecule has 4 heteroatoms. The lowest BCUT2D eigenvalue weighted by molar-refractivity contribution is 0.185. The summed E-state index contributed by atoms with van der Waals surface area (Å²) in [7, 11) is 1.74. The summed E-state index contributed by atoms with van der Waals surface area (Å²) >= 11 is 4.37. The van der Waals surface area contributed by atoms with Crippen molar-refractivity contribution in [2.24, 2.45) is 0 Å². The number of ether oxygens (including phenoxy) is 1. The van der Waals surface area contributed by atoms with E-state index in [9.17, 15) is 0 Å². The first-order chi connectivity index (χ1) is 9.76. The maximum atomic E-state index is 5.21. The van der Waals surface area contributed by atoms with Crippen LogP contribution in [0, 0.1) is 2.88 Å². The molecule has 0 aliphatic heterocycles. The van der Waals surface area contributed by atoms with Crippen LogP contribution >= 0.6 is 33.9 Å². The van der Waals surface area contributed by atoms with Crippen molar-refractivity contribution in [3.05, 3.63) is 49.2 Å². The molecule has 1 heterocycles. The van der Waals surface area contributed by atoms with Gasteiger partial charge in [-0.3, -0.25) is 0 Å². The second-order valence-corrected chi connectivity index (χ2v) is 8.18. The Labute approximate surface area is 137 Å². The van der Waals surface area contributed by atoms with Gasteiger partial charge in [0, 0.05) is 17.7 Å². The number of fused-ring (bicyclic) bond motifs is 1. The lowest BCUT2D eigenvalue weighted by Crippen LogP contribution is -2.15. The third-order valence-corrected chi connectivity index (χ3v) is 5.63. The first-order valence-corrected chi connectivity index (χ1v) is 8.78. The molecule has 2 aromatic rings. The van der Waals surface area contributed by atoms with E-state index in [4.69, 9.17) is 4.74 Å². The van der Waals surface area contributed by atoms with Crippen molar-refractivity contribution in [1.29, 1.82) is 0 Å². The predicted octanol–water partition coefficient (Wildman–Crippen LogP) is 4.99. The van der Waals surface area contributed by atoms with Crippen molar-refractivity contribution in [2.75, 3.05) is 12.4 Å². The Morgan fingerprint density at radius 1 is 1.40 bits per heavy atom. The molecule has 0 amide bonds. The molecule has 1 aromatic heterocycles. The van der Waals surface area contributed by atoms with E-state index in [-0.39, 0.29) is 0 Å². The zero-order valence-electron chi connectivity index (χ0n) is 11.5. The van der Waals surface area contributed by atoms with Crippen LogP contribution in [-0.4, -0.2) is 7.11 Å². The van der Waals surface area contributed by atoms with Gasteiger partial charge in [-0.05, 0) is 71.2 Å². The molecule has 0 bridgehead atoms. The highest BCUT2D eigenvalue weighted by molar-refractivity contribution is 14.1. The summed E-state index contributed by atoms with van der Waals surface area (Å²) in [5, 5.41) is 3.70. The van der Waals surface area contributed by atoms with Crippen LogP contribution in [0.2, 0.25) is 0 Å². The average molecular weight is 399 g/mol. The van der Waals surface area contributed by atoms with Crippen LogP contribution in [0.5, 0.6) is 0 Å². The van der Waals surface area contributed by atoms with Crippen LogP contribution in [0.1, 0.15) is 34.9 Å². The Morgan fingerprint density at radius 3 is 3.15 bits per heavy atom. The highest BCUT2D eigenvalue weighted by Crippen LogP contribution is 2.38. The molecule has 1 aromatic carbocycles. The smallest absolute Gasteiger partial charge is 0.0713 e. The molecular formula is C16H18INOS. The standard InChI is InChI=1S/C16H18INOS/c1-19-10-11-4-2-5-12(8-11)18-14-6-3-7-15-13(14)9-16(17)20-15/h2,4-5,8-9,14,18H,3,6-7,10H2,1H3. The summed E-state index contributed by atoms with van der Waals surface area (Å²) in [5.41, 5.74) is 3.91. The Bertz CT molecular complexity index is 596. The summed E-state index contributed by atoms with van der Waals surface area (Å²) in [5.74, 6) is 0. The highest BCUT2D eigenvalue weighted by Gasteiger charge is 2.22. The lowest BCUT2D eigenvalue weighted by Gasteiger charge is -2.25. The minimum Gasteiger partial charge on any atom is -0.380 e. The first-order valence-electron chi connectivity index (χ1n) is 6.89. The Hall–Kier alpha value is -0.590. The van der Waals surface area contributed by atoms with Crippen molar-refractivity contribution in [2.45, 2.75) is 31.9 Å². The van der Waals surface area contributed by atoms with Crippen molar-refractivity contribution in [3.8, 4) is 0 Å². The number of anilines is 1. The summed E-state index contributed by atoms with van der Waals surface area (Å²) in [6.07, 6.45) is 3.73. The topological polar surface area (TPSA) is 21.3 Å². The maximum Gasteiger partial charge on any atom is 0.0713 e. The van der Waals surface area contributed by atoms with Crippen LogP contribution in [0.25, 0.3) is 0 Å². The van der Waals surface area contributed by atoms with E-state index in [1.54, 1.807) is 12.0 Å². The number of thiophene rings is 1. The van der Waals surface area contributed by atoms with Crippen molar-refractivity contribution in [1.82, 2.24) is 0 Å². The maximum absolute atomic E-state index is 5.21. The Morgan fingerprint density at radius 2 is 2.30 bits per heavy atom. The fourth-order valence-corrected chi connectivity index (χ4v) is 4.91. The van der Waals surface area contributed by atoms with Gasteiger partial charge in [-0.2, -0.15) is 0 Å². The van der Waals surface area contributed by atoms with Gasteiger partial charge in [0.1, 0.15) is 0 Å². The number of halogens is 1. The van der Waals surface area contributed by atoms with Gasteiger partial charge in [-0.15, -0.1) is 11.3 Å². The van der Waals surface area contributed by atoms with E-state index in [2.05, 4.69) is 58.2 Å². The molecule has 1 N–H and O–H groups in total. The van der Waals surface area contributed by atoms with Gasteiger partial charge in [0.15, 0.2) is 0 Å². The van der Waals surface area contributed by atoms with Gasteiger partial charge in [-0.1, -0.05) is 12.1 Å². The third kappa shape index (κ3) is 3.18. The van der Waals surface area contributed by atoms with Crippen LogP contribution in [0.15, 0.2) is 30.3 Å². The first kappa shape index (κ1) is 14.4. The van der Waals surface area contributed by atoms with Gasteiger partial charge >= 0.3 is 0 Å². The van der Waals surface area contributed by atoms with Gasteiger partial charge in [-0.25, -0.2) is 0 Å². The van der Waals surface area contributed by atoms with Crippen molar-refractivity contribution in [3.63, 3.8) is 0 Å². The van der Waals surface area contributed by atoms with Crippen LogP contribution in [0.3, 0.4) is 0 Å². The SMILES string of the molecule is COCc1cccc(NC2CCCc3sc(I)cc32)c1. The highest BCUT2D eigenvalue weighted by atomic mass is 127. The van der Waals surface area contributed by atoms with E-state index in [0.717, 1.165) is 0 Å². The Kier molecular flexibility index (Phi) is 4.63. The monoisotopic (exact) mass is 399 g/mol. The zero-order chi connectivity index (χ0) is 13.9. The minimum absolute atomic E-state index is 0.455. The molecule has 1 aliphatic rings. The van der Waals surface area contributed by atoms with E-state index in [0.29, 0.717) is 12.6 Å². The van der Waals surface area contributed by atoms with Crippen LogP contribution in [-0.2, 0) is 17.8 Å². The molecular weight excluding hydrogens is 381 g/mol. The van der Waals surface area contributed by atoms with E-state index in [1.165, 1.54) is 39.0 Å². The summed E-state index contributed by atoms with van der Waals surface area (Å²) in [6.45, 7) is 0.668. The molecule has 1 atom stereocenters. The number of hydrogen-bond acceptors (Lipinski definition) is 3. The minimum atomic E-state index is 0.455. The molecule has 0 radical (unpaired) electrons. The number of rotatable bonds is 4. The second-order valence-electron chi connectivity index (χ2n) is 5.15. The summed E-state index contributed by atoms with van der Waals surface area (Å²) < 4.78 is 6.60. The average Bonchev–Trinajstić information content (AvgIpc) is 2.81. The molecule has 3 rings (SSSR count). The lowest BCUT2D eigenvalue weighted by atomic mass is 9.94. The van der Waals surface area contributed by atoms with Crippen molar-refractivity contribution < 1.29 is 4.74 Å². The molecule has 0 saturated carbocycles. The zero-order valence-corrected chi connectivity index (χ0v) is 14.5. The third-order valence-electron chi connectivity index (χ3n) is 3.66. The Balaban J connectivity index is 1.80. The molecule has 106 valence electrons. The van der Waals surface area contributed by atoms with Crippen LogP contribution in [0.4, 0.5) is 5.69 Å². The van der Waals surface area contributed by atoms with Crippen LogP contribution < -0.4 is 5.32 Å².